The van der Waals surface area contributed by atoms with Gasteiger partial charge in [0.25, 0.3) is 0 Å². The Kier molecular flexibility index (Phi) is 6.67. The number of rotatable bonds is 4. The number of aromatic carboxylic acids is 1. The van der Waals surface area contributed by atoms with E-state index in [2.05, 4.69) is 4.98 Å². The summed E-state index contributed by atoms with van der Waals surface area (Å²) in [5, 5.41) is 18.3. The molecule has 35 heavy (non-hydrogen) atoms. The number of anilines is 2. The molecule has 3 aromatic rings. The summed E-state index contributed by atoms with van der Waals surface area (Å²) in [5.74, 6) is -6.29. The Bertz CT molecular complexity index is 1480. The maximum absolute atomic E-state index is 15.3. The number of carboxylic acid groups (broad SMARTS) is 1. The van der Waals surface area contributed by atoms with E-state index < -0.39 is 58.0 Å². The number of aliphatic hydroxyl groups excluding tert-OH is 1. The van der Waals surface area contributed by atoms with Gasteiger partial charge >= 0.3 is 5.97 Å². The van der Waals surface area contributed by atoms with E-state index in [1.54, 1.807) is 0 Å². The van der Waals surface area contributed by atoms with Gasteiger partial charge in [-0.1, -0.05) is 23.2 Å². The predicted molar refractivity (Wildman–Crippen MR) is 125 cm³/mol. The quantitative estimate of drug-likeness (QED) is 0.470. The highest BCUT2D eigenvalue weighted by Gasteiger charge is 2.28. The first kappa shape index (κ1) is 24.8. The van der Waals surface area contributed by atoms with Gasteiger partial charge in [0.1, 0.15) is 11.4 Å². The van der Waals surface area contributed by atoms with E-state index >= 15 is 4.39 Å². The van der Waals surface area contributed by atoms with Crippen molar-refractivity contribution >= 4 is 51.6 Å². The molecule has 0 bridgehead atoms. The van der Waals surface area contributed by atoms with Gasteiger partial charge < -0.3 is 20.8 Å². The van der Waals surface area contributed by atoms with Crippen molar-refractivity contribution in [2.45, 2.75) is 12.8 Å². The molecule has 0 amide bonds. The van der Waals surface area contributed by atoms with Crippen LogP contribution in [0.3, 0.4) is 0 Å². The summed E-state index contributed by atoms with van der Waals surface area (Å²) < 4.78 is 44.7. The molecule has 1 aliphatic rings. The molecule has 1 fully saturated rings. The maximum atomic E-state index is 15.3. The zero-order chi connectivity index (χ0) is 25.6. The van der Waals surface area contributed by atoms with Crippen molar-refractivity contribution in [3.63, 3.8) is 0 Å². The topological polar surface area (TPSA) is 122 Å². The number of nitrogen functional groups attached to an aromatic ring is 1. The molecule has 0 spiro atoms. The Labute approximate surface area is 205 Å². The Morgan fingerprint density at radius 2 is 1.91 bits per heavy atom. The minimum atomic E-state index is -1.66. The molecule has 0 unspecified atom stereocenters. The Hall–Kier alpha value is -3.28. The van der Waals surface area contributed by atoms with Crippen molar-refractivity contribution in [1.29, 1.82) is 0 Å². The molecule has 184 valence electrons. The molecule has 1 saturated heterocycles. The second-order valence-corrected chi connectivity index (χ2v) is 8.65. The fraction of sp³-hybridized carbons (Fsp3) is 0.227. The number of piperidine rings is 1. The van der Waals surface area contributed by atoms with Gasteiger partial charge in [-0.15, -0.1) is 0 Å². The minimum absolute atomic E-state index is 0.120. The van der Waals surface area contributed by atoms with Crippen LogP contribution in [0.2, 0.25) is 5.02 Å². The lowest BCUT2D eigenvalue weighted by Gasteiger charge is -2.32. The number of fused-ring (bicyclic) bond motifs is 1. The van der Waals surface area contributed by atoms with E-state index in [-0.39, 0.29) is 27.8 Å². The Morgan fingerprint density at radius 1 is 1.20 bits per heavy atom. The van der Waals surface area contributed by atoms with Gasteiger partial charge in [-0.05, 0) is 24.5 Å². The molecule has 0 saturated carbocycles. The van der Waals surface area contributed by atoms with Crippen LogP contribution in [0.25, 0.3) is 16.7 Å². The molecule has 8 nitrogen and oxygen atoms in total. The highest BCUT2D eigenvalue weighted by Crippen LogP contribution is 2.39. The van der Waals surface area contributed by atoms with Gasteiger partial charge in [0, 0.05) is 30.4 Å². The normalized spacial score (nSPS) is 15.5. The monoisotopic (exact) mass is 528 g/mol. The number of aliphatic hydroxyl groups is 1. The first-order valence-electron chi connectivity index (χ1n) is 10.2. The molecule has 0 aliphatic carbocycles. The Balaban J connectivity index is 2.07. The van der Waals surface area contributed by atoms with Crippen LogP contribution in [0.1, 0.15) is 23.2 Å². The lowest BCUT2D eigenvalue weighted by molar-refractivity contribution is 0.0695. The minimum Gasteiger partial charge on any atom is -0.477 e. The lowest BCUT2D eigenvalue weighted by Crippen LogP contribution is -2.33. The van der Waals surface area contributed by atoms with E-state index in [4.69, 9.17) is 28.9 Å². The van der Waals surface area contributed by atoms with Gasteiger partial charge in [0.05, 0.1) is 28.2 Å². The number of carbonyl (C=O) groups is 1. The van der Waals surface area contributed by atoms with Gasteiger partial charge in [-0.3, -0.25) is 9.36 Å². The van der Waals surface area contributed by atoms with Crippen LogP contribution < -0.4 is 16.1 Å². The molecule has 1 aliphatic heterocycles. The third kappa shape index (κ3) is 4.30. The van der Waals surface area contributed by atoms with Crippen LogP contribution in [0, 0.1) is 17.5 Å². The van der Waals surface area contributed by atoms with Crippen molar-refractivity contribution in [1.82, 2.24) is 9.55 Å². The first-order chi connectivity index (χ1) is 16.5. The molecule has 4 rings (SSSR count). The zero-order valence-electron chi connectivity index (χ0n) is 17.8. The fourth-order valence-corrected chi connectivity index (χ4v) is 4.61. The van der Waals surface area contributed by atoms with Crippen molar-refractivity contribution in [3.8, 4) is 5.82 Å². The standard InChI is InChI=1S/C22H17Cl2F3N4O4/c23-12(8-32)9-2-1-3-30(6-9)18-13(25)4-10-17(16(18)24)31(7-11(19(10)33)22(34)35)21-15(27)5-14(26)20(28)29-21/h4-5,7,32H,1-3,6,8H2,(H2,28,29)(H,34,35). The number of pyridine rings is 2. The van der Waals surface area contributed by atoms with Gasteiger partial charge in [0.15, 0.2) is 23.3 Å². The average Bonchev–Trinajstić information content (AvgIpc) is 2.81. The molecule has 1 aromatic carbocycles. The molecule has 13 heteroatoms. The molecule has 2 aromatic heterocycles. The fourth-order valence-electron chi connectivity index (χ4n) is 4.05. The van der Waals surface area contributed by atoms with Crippen molar-refractivity contribution in [2.75, 3.05) is 30.3 Å². The van der Waals surface area contributed by atoms with E-state index in [0.717, 1.165) is 16.8 Å². The third-order valence-corrected chi connectivity index (χ3v) is 6.43. The Morgan fingerprint density at radius 3 is 2.57 bits per heavy atom. The molecule has 0 atom stereocenters. The second kappa shape index (κ2) is 9.40. The number of nitrogens with zero attached hydrogens (tertiary/aromatic N) is 3. The summed E-state index contributed by atoms with van der Waals surface area (Å²) in [6.45, 7) is 0.0665. The van der Waals surface area contributed by atoms with E-state index in [9.17, 15) is 28.6 Å². The highest BCUT2D eigenvalue weighted by molar-refractivity contribution is 6.38. The molecule has 0 radical (unpaired) electrons. The van der Waals surface area contributed by atoms with Crippen molar-refractivity contribution < 1.29 is 28.2 Å². The van der Waals surface area contributed by atoms with E-state index in [1.165, 1.54) is 4.90 Å². The largest absolute Gasteiger partial charge is 0.477 e. The number of hydrogen-bond acceptors (Lipinski definition) is 6. The number of halogens is 5. The van der Waals surface area contributed by atoms with Gasteiger partial charge in [0.2, 0.25) is 5.43 Å². The lowest BCUT2D eigenvalue weighted by atomic mass is 10.0. The molecular weight excluding hydrogens is 512 g/mol. The maximum Gasteiger partial charge on any atom is 0.341 e. The summed E-state index contributed by atoms with van der Waals surface area (Å²) in [7, 11) is 0. The first-order valence-corrected chi connectivity index (χ1v) is 11.0. The van der Waals surface area contributed by atoms with Crippen LogP contribution in [-0.2, 0) is 0 Å². The van der Waals surface area contributed by atoms with E-state index in [1.807, 2.05) is 0 Å². The molecule has 4 N–H and O–H groups in total. The van der Waals surface area contributed by atoms with Crippen LogP contribution in [0.5, 0.6) is 0 Å². The van der Waals surface area contributed by atoms with Crippen LogP contribution >= 0.6 is 23.2 Å². The van der Waals surface area contributed by atoms with Crippen LogP contribution in [0.15, 0.2) is 33.7 Å². The second-order valence-electron chi connectivity index (χ2n) is 7.82. The van der Waals surface area contributed by atoms with Gasteiger partial charge in [-0.2, -0.15) is 0 Å². The third-order valence-electron chi connectivity index (χ3n) is 5.68. The molecule has 3 heterocycles. The highest BCUT2D eigenvalue weighted by atomic mass is 35.5. The average molecular weight is 529 g/mol. The molecular formula is C22H17Cl2F3N4O4. The van der Waals surface area contributed by atoms with Gasteiger partial charge in [-0.25, -0.2) is 22.9 Å². The van der Waals surface area contributed by atoms with E-state index in [0.29, 0.717) is 31.0 Å². The van der Waals surface area contributed by atoms with Crippen molar-refractivity contribution in [2.24, 2.45) is 0 Å². The smallest absolute Gasteiger partial charge is 0.341 e. The number of nitrogens with two attached hydrogens (primary N) is 1. The number of carboxylic acids is 1. The summed E-state index contributed by atoms with van der Waals surface area (Å²) in [6, 6.07) is 1.25. The van der Waals surface area contributed by atoms with Crippen molar-refractivity contribution in [3.05, 3.63) is 67.2 Å². The predicted octanol–water partition coefficient (Wildman–Crippen LogP) is 3.82. The van der Waals surface area contributed by atoms with Crippen LogP contribution in [-0.4, -0.2) is 45.4 Å². The number of aromatic nitrogens is 2. The summed E-state index contributed by atoms with van der Waals surface area (Å²) in [5.41, 5.74) is 3.87. The zero-order valence-corrected chi connectivity index (χ0v) is 19.3. The summed E-state index contributed by atoms with van der Waals surface area (Å²) >= 11 is 12.7. The number of hydrogen-bond donors (Lipinski definition) is 3. The summed E-state index contributed by atoms with van der Waals surface area (Å²) in [4.78, 5) is 29.7. The SMILES string of the molecule is Nc1nc(-n2cc(C(=O)O)c(=O)c3cc(F)c(N4CCCC(=C(Cl)CO)C4)c(Cl)c32)c(F)cc1F. The summed E-state index contributed by atoms with van der Waals surface area (Å²) in [6.07, 6.45) is 1.89. The number of benzene rings is 1. The van der Waals surface area contributed by atoms with Crippen LogP contribution in [0.4, 0.5) is 24.7 Å².